The lowest BCUT2D eigenvalue weighted by Gasteiger charge is -2.23. The monoisotopic (exact) mass is 439 g/mol. The minimum Gasteiger partial charge on any atom is -0.347 e. The van der Waals surface area contributed by atoms with E-state index in [0.29, 0.717) is 10.7 Å². The van der Waals surface area contributed by atoms with Crippen LogP contribution in [0.25, 0.3) is 0 Å². The van der Waals surface area contributed by atoms with Crippen molar-refractivity contribution in [3.63, 3.8) is 0 Å². The summed E-state index contributed by atoms with van der Waals surface area (Å²) in [5.41, 5.74) is 0.864. The maximum Gasteiger partial charge on any atom is 0.241 e. The quantitative estimate of drug-likeness (QED) is 0.698. The van der Waals surface area contributed by atoms with Gasteiger partial charge in [-0.05, 0) is 44.2 Å². The van der Waals surface area contributed by atoms with Crippen molar-refractivity contribution in [1.29, 1.82) is 0 Å². The van der Waals surface area contributed by atoms with Gasteiger partial charge >= 0.3 is 0 Å². The SMILES string of the molecule is Cn1nc(C(C)(C)C)cc1C(=O)CNC(=O)C(C)(C)S(=O)(=O)c1ccc(Cl)cc1. The number of aromatic nitrogens is 2. The lowest BCUT2D eigenvalue weighted by atomic mass is 9.92. The lowest BCUT2D eigenvalue weighted by molar-refractivity contribution is -0.122. The van der Waals surface area contributed by atoms with Gasteiger partial charge in [-0.2, -0.15) is 5.10 Å². The van der Waals surface area contributed by atoms with Gasteiger partial charge in [0, 0.05) is 17.5 Å². The number of carbonyl (C=O) groups is 2. The van der Waals surface area contributed by atoms with Crippen LogP contribution in [0.1, 0.15) is 50.8 Å². The summed E-state index contributed by atoms with van der Waals surface area (Å²) in [4.78, 5) is 25.2. The summed E-state index contributed by atoms with van der Waals surface area (Å²) in [6, 6.07) is 7.27. The highest BCUT2D eigenvalue weighted by molar-refractivity contribution is 7.93. The Bertz CT molecular complexity index is 1030. The molecule has 1 amide bonds. The van der Waals surface area contributed by atoms with Gasteiger partial charge in [0.05, 0.1) is 17.1 Å². The molecule has 1 heterocycles. The van der Waals surface area contributed by atoms with E-state index in [2.05, 4.69) is 10.4 Å². The highest BCUT2D eigenvalue weighted by atomic mass is 35.5. The molecular weight excluding hydrogens is 414 g/mol. The number of nitrogens with zero attached hydrogens (tertiary/aromatic N) is 2. The van der Waals surface area contributed by atoms with E-state index in [0.717, 1.165) is 5.69 Å². The number of carbonyl (C=O) groups excluding carboxylic acids is 2. The summed E-state index contributed by atoms with van der Waals surface area (Å²) in [5, 5.41) is 7.18. The molecule has 7 nitrogen and oxygen atoms in total. The largest absolute Gasteiger partial charge is 0.347 e. The predicted octanol–water partition coefficient (Wildman–Crippen LogP) is 2.92. The first-order valence-electron chi connectivity index (χ1n) is 9.04. The Hall–Kier alpha value is -2.19. The molecule has 2 rings (SSSR count). The summed E-state index contributed by atoms with van der Waals surface area (Å²) in [6.07, 6.45) is 0. The van der Waals surface area contributed by atoms with E-state index in [1.807, 2.05) is 20.8 Å². The second-order valence-electron chi connectivity index (χ2n) is 8.36. The molecule has 0 saturated heterocycles. The van der Waals surface area contributed by atoms with E-state index in [1.165, 1.54) is 42.8 Å². The Labute approximate surface area is 176 Å². The van der Waals surface area contributed by atoms with Gasteiger partial charge in [-0.15, -0.1) is 0 Å². The molecule has 1 aromatic heterocycles. The second kappa shape index (κ2) is 7.91. The van der Waals surface area contributed by atoms with Crippen LogP contribution in [0.4, 0.5) is 0 Å². The molecular formula is C20H26ClN3O4S. The molecule has 2 aromatic rings. The van der Waals surface area contributed by atoms with Crippen LogP contribution in [0.5, 0.6) is 0 Å². The smallest absolute Gasteiger partial charge is 0.241 e. The van der Waals surface area contributed by atoms with Gasteiger partial charge < -0.3 is 5.32 Å². The molecule has 0 spiro atoms. The first-order valence-corrected chi connectivity index (χ1v) is 10.9. The van der Waals surface area contributed by atoms with E-state index in [9.17, 15) is 18.0 Å². The normalized spacial score (nSPS) is 12.7. The number of rotatable bonds is 6. The Morgan fingerprint density at radius 3 is 2.14 bits per heavy atom. The van der Waals surface area contributed by atoms with Crippen LogP contribution in [0.3, 0.4) is 0 Å². The van der Waals surface area contributed by atoms with Crippen molar-refractivity contribution < 1.29 is 18.0 Å². The number of aryl methyl sites for hydroxylation is 1. The van der Waals surface area contributed by atoms with Crippen molar-refractivity contribution in [2.75, 3.05) is 6.54 Å². The fourth-order valence-electron chi connectivity index (χ4n) is 2.59. The highest BCUT2D eigenvalue weighted by Gasteiger charge is 2.42. The zero-order valence-electron chi connectivity index (χ0n) is 17.4. The molecule has 0 aliphatic carbocycles. The maximum absolute atomic E-state index is 12.9. The van der Waals surface area contributed by atoms with E-state index in [4.69, 9.17) is 11.6 Å². The number of hydrogen-bond acceptors (Lipinski definition) is 5. The van der Waals surface area contributed by atoms with Crippen molar-refractivity contribution in [3.8, 4) is 0 Å². The third-order valence-corrected chi connectivity index (χ3v) is 7.36. The number of amides is 1. The Morgan fingerprint density at radius 1 is 1.10 bits per heavy atom. The Balaban J connectivity index is 2.16. The zero-order valence-corrected chi connectivity index (χ0v) is 19.0. The summed E-state index contributed by atoms with van der Waals surface area (Å²) in [7, 11) is -2.34. The average molecular weight is 440 g/mol. The average Bonchev–Trinajstić information content (AvgIpc) is 3.01. The van der Waals surface area contributed by atoms with Crippen LogP contribution in [0.15, 0.2) is 35.2 Å². The minimum absolute atomic E-state index is 0.0187. The standard InChI is InChI=1S/C20H26ClN3O4S/c1-19(2,3)17-11-15(24(6)23-17)16(25)12-22-18(26)20(4,5)29(27,28)14-9-7-13(21)8-10-14/h7-11H,12H2,1-6H3,(H,22,26). The molecule has 9 heteroatoms. The van der Waals surface area contributed by atoms with Crippen LogP contribution >= 0.6 is 11.6 Å². The molecule has 29 heavy (non-hydrogen) atoms. The molecule has 0 aliphatic rings. The highest BCUT2D eigenvalue weighted by Crippen LogP contribution is 2.27. The zero-order chi connectivity index (χ0) is 22.2. The van der Waals surface area contributed by atoms with Crippen molar-refractivity contribution in [2.45, 2.75) is 49.7 Å². The first-order chi connectivity index (χ1) is 13.2. The number of sulfone groups is 1. The van der Waals surface area contributed by atoms with E-state index >= 15 is 0 Å². The van der Waals surface area contributed by atoms with Crippen molar-refractivity contribution in [3.05, 3.63) is 46.7 Å². The molecule has 0 radical (unpaired) electrons. The molecule has 0 bridgehead atoms. The lowest BCUT2D eigenvalue weighted by Crippen LogP contribution is -2.49. The number of hydrogen-bond donors (Lipinski definition) is 1. The second-order valence-corrected chi connectivity index (χ2v) is 11.3. The van der Waals surface area contributed by atoms with Gasteiger partial charge in [-0.25, -0.2) is 8.42 Å². The number of Topliss-reactive ketones (excluding diaryl/α,β-unsaturated/α-hetero) is 1. The van der Waals surface area contributed by atoms with Crippen molar-refractivity contribution >= 4 is 33.1 Å². The van der Waals surface area contributed by atoms with Gasteiger partial charge in [0.15, 0.2) is 15.6 Å². The van der Waals surface area contributed by atoms with Gasteiger partial charge in [0.25, 0.3) is 0 Å². The molecule has 0 atom stereocenters. The Morgan fingerprint density at radius 2 is 1.66 bits per heavy atom. The third kappa shape index (κ3) is 4.70. The summed E-state index contributed by atoms with van der Waals surface area (Å²) >= 11 is 5.81. The molecule has 0 saturated carbocycles. The van der Waals surface area contributed by atoms with Gasteiger partial charge in [-0.3, -0.25) is 14.3 Å². The molecule has 158 valence electrons. The third-order valence-electron chi connectivity index (χ3n) is 4.69. The van der Waals surface area contributed by atoms with E-state index < -0.39 is 20.5 Å². The van der Waals surface area contributed by atoms with E-state index in [1.54, 1.807) is 13.1 Å². The van der Waals surface area contributed by atoms with Crippen LogP contribution < -0.4 is 5.32 Å². The van der Waals surface area contributed by atoms with Crippen LogP contribution in [-0.4, -0.2) is 41.2 Å². The summed E-state index contributed by atoms with van der Waals surface area (Å²) < 4.78 is 25.5. The number of nitrogens with one attached hydrogen (secondary N) is 1. The molecule has 1 N–H and O–H groups in total. The van der Waals surface area contributed by atoms with Gasteiger partial charge in [-0.1, -0.05) is 32.4 Å². The molecule has 0 unspecified atom stereocenters. The first kappa shape index (κ1) is 23.1. The van der Waals surface area contributed by atoms with Crippen molar-refractivity contribution in [1.82, 2.24) is 15.1 Å². The van der Waals surface area contributed by atoms with Crippen LogP contribution in [-0.2, 0) is 27.1 Å². The number of ketones is 1. The van der Waals surface area contributed by atoms with Crippen molar-refractivity contribution in [2.24, 2.45) is 7.05 Å². The minimum atomic E-state index is -3.99. The fourth-order valence-corrected chi connectivity index (χ4v) is 4.11. The molecule has 0 aliphatic heterocycles. The molecule has 0 fully saturated rings. The van der Waals surface area contributed by atoms with Crippen LogP contribution in [0.2, 0.25) is 5.02 Å². The van der Waals surface area contributed by atoms with E-state index in [-0.39, 0.29) is 22.6 Å². The van der Waals surface area contributed by atoms with Gasteiger partial charge in [0.1, 0.15) is 10.4 Å². The topological polar surface area (TPSA) is 98.1 Å². The van der Waals surface area contributed by atoms with Gasteiger partial charge in [0.2, 0.25) is 5.91 Å². The molecule has 1 aromatic carbocycles. The maximum atomic E-state index is 12.9. The predicted molar refractivity (Wildman–Crippen MR) is 112 cm³/mol. The summed E-state index contributed by atoms with van der Waals surface area (Å²) in [5.74, 6) is -1.12. The number of halogens is 1. The van der Waals surface area contributed by atoms with Crippen LogP contribution in [0, 0.1) is 0 Å². The Kier molecular flexibility index (Phi) is 6.30. The fraction of sp³-hybridized carbons (Fsp3) is 0.450. The summed E-state index contributed by atoms with van der Waals surface area (Å²) in [6.45, 7) is 8.22. The number of benzene rings is 1.